The van der Waals surface area contributed by atoms with Crippen molar-refractivity contribution in [3.8, 4) is 0 Å². The Balaban J connectivity index is 2.24. The lowest BCUT2D eigenvalue weighted by Gasteiger charge is -2.29. The molecule has 1 amide bonds. The van der Waals surface area contributed by atoms with Gasteiger partial charge < -0.3 is 11.1 Å². The van der Waals surface area contributed by atoms with Crippen molar-refractivity contribution in [2.45, 2.75) is 83.7 Å². The van der Waals surface area contributed by atoms with Crippen molar-refractivity contribution in [2.75, 3.05) is 0 Å². The maximum atomic E-state index is 11.9. The molecule has 1 saturated carbocycles. The van der Waals surface area contributed by atoms with Gasteiger partial charge >= 0.3 is 0 Å². The molecule has 106 valence electrons. The number of nitrogens with one attached hydrogen (secondary N) is 1. The Morgan fingerprint density at radius 2 is 1.78 bits per heavy atom. The van der Waals surface area contributed by atoms with Crippen molar-refractivity contribution in [1.82, 2.24) is 5.32 Å². The highest BCUT2D eigenvalue weighted by Crippen LogP contribution is 2.27. The van der Waals surface area contributed by atoms with Crippen LogP contribution in [0.5, 0.6) is 0 Å². The molecule has 18 heavy (non-hydrogen) atoms. The Morgan fingerprint density at radius 3 is 2.28 bits per heavy atom. The first-order valence-corrected chi connectivity index (χ1v) is 7.55. The summed E-state index contributed by atoms with van der Waals surface area (Å²) in [6.45, 7) is 6.39. The minimum atomic E-state index is -0.0218. The molecule has 3 N–H and O–H groups in total. The lowest BCUT2D eigenvalue weighted by atomic mass is 9.83. The Morgan fingerprint density at radius 1 is 1.22 bits per heavy atom. The monoisotopic (exact) mass is 254 g/mol. The number of rotatable bonds is 6. The van der Waals surface area contributed by atoms with Crippen molar-refractivity contribution < 1.29 is 4.79 Å². The van der Waals surface area contributed by atoms with Gasteiger partial charge in [-0.15, -0.1) is 0 Å². The molecule has 0 unspecified atom stereocenters. The van der Waals surface area contributed by atoms with Crippen LogP contribution in [0, 0.1) is 5.92 Å². The summed E-state index contributed by atoms with van der Waals surface area (Å²) in [4.78, 5) is 11.9. The molecule has 1 aliphatic carbocycles. The Labute approximate surface area is 112 Å². The molecule has 0 atom stereocenters. The quantitative estimate of drug-likeness (QED) is 0.765. The van der Waals surface area contributed by atoms with Gasteiger partial charge in [-0.2, -0.15) is 0 Å². The van der Waals surface area contributed by atoms with Crippen molar-refractivity contribution in [2.24, 2.45) is 11.7 Å². The summed E-state index contributed by atoms with van der Waals surface area (Å²) >= 11 is 0. The normalized spacial score (nSPS) is 24.9. The molecule has 3 heteroatoms. The fourth-order valence-electron chi connectivity index (χ4n) is 2.64. The summed E-state index contributed by atoms with van der Waals surface area (Å²) in [7, 11) is 0. The number of hydrogen-bond donors (Lipinski definition) is 2. The smallest absolute Gasteiger partial charge is 0.220 e. The third-order valence-electron chi connectivity index (χ3n) is 4.67. The molecule has 0 aromatic rings. The Bertz CT molecular complexity index is 253. The summed E-state index contributed by atoms with van der Waals surface area (Å²) in [5.41, 5.74) is 5.87. The summed E-state index contributed by atoms with van der Waals surface area (Å²) in [5.74, 6) is 0.932. The van der Waals surface area contributed by atoms with Crippen molar-refractivity contribution in [1.29, 1.82) is 0 Å². The predicted molar refractivity (Wildman–Crippen MR) is 76.3 cm³/mol. The van der Waals surface area contributed by atoms with E-state index in [0.29, 0.717) is 18.4 Å². The van der Waals surface area contributed by atoms with E-state index >= 15 is 0 Å². The van der Waals surface area contributed by atoms with Gasteiger partial charge in [0.05, 0.1) is 0 Å². The van der Waals surface area contributed by atoms with E-state index in [4.69, 9.17) is 5.73 Å². The lowest BCUT2D eigenvalue weighted by molar-refractivity contribution is -0.123. The fraction of sp³-hybridized carbons (Fsp3) is 0.933. The van der Waals surface area contributed by atoms with Gasteiger partial charge in [-0.25, -0.2) is 0 Å². The summed E-state index contributed by atoms with van der Waals surface area (Å²) in [5, 5.41) is 3.18. The number of nitrogens with two attached hydrogens (primary N) is 1. The van der Waals surface area contributed by atoms with E-state index in [0.717, 1.165) is 32.1 Å². The standard InChI is InChI=1S/C15H30N2O/c1-4-15(3,5-2)17-14(18)11-8-12-6-9-13(16)10-7-12/h12-13H,4-11,16H2,1-3H3,(H,17,18). The number of carbonyl (C=O) groups is 1. The maximum Gasteiger partial charge on any atom is 0.220 e. The van der Waals surface area contributed by atoms with Crippen LogP contribution in [0.1, 0.15) is 72.1 Å². The third kappa shape index (κ3) is 4.97. The topological polar surface area (TPSA) is 55.1 Å². The van der Waals surface area contributed by atoms with Crippen molar-refractivity contribution in [3.05, 3.63) is 0 Å². The molecule has 1 rings (SSSR count). The van der Waals surface area contributed by atoms with Gasteiger partial charge in [0.25, 0.3) is 0 Å². The molecule has 0 aromatic heterocycles. The van der Waals surface area contributed by atoms with Gasteiger partial charge in [-0.3, -0.25) is 4.79 Å². The largest absolute Gasteiger partial charge is 0.351 e. The number of amides is 1. The molecular formula is C15H30N2O. The Kier molecular flexibility index (Phi) is 6.13. The fourth-order valence-corrected chi connectivity index (χ4v) is 2.64. The second-order valence-electron chi connectivity index (χ2n) is 6.14. The van der Waals surface area contributed by atoms with Crippen LogP contribution >= 0.6 is 0 Å². The zero-order valence-corrected chi connectivity index (χ0v) is 12.3. The predicted octanol–water partition coefficient (Wildman–Crippen LogP) is 2.98. The first-order valence-electron chi connectivity index (χ1n) is 7.55. The summed E-state index contributed by atoms with van der Waals surface area (Å²) in [6, 6.07) is 0.401. The van der Waals surface area contributed by atoms with Crippen LogP contribution in [0.15, 0.2) is 0 Å². The first-order chi connectivity index (χ1) is 8.49. The maximum absolute atomic E-state index is 11.9. The van der Waals surface area contributed by atoms with E-state index in [1.807, 2.05) is 0 Å². The van der Waals surface area contributed by atoms with Gasteiger partial charge in [0.1, 0.15) is 0 Å². The molecule has 0 radical (unpaired) electrons. The van der Waals surface area contributed by atoms with Crippen molar-refractivity contribution >= 4 is 5.91 Å². The van der Waals surface area contributed by atoms with Gasteiger partial charge in [-0.1, -0.05) is 13.8 Å². The second kappa shape index (κ2) is 7.13. The molecular weight excluding hydrogens is 224 g/mol. The van der Waals surface area contributed by atoms with Gasteiger partial charge in [0.2, 0.25) is 5.91 Å². The van der Waals surface area contributed by atoms with Gasteiger partial charge in [-0.05, 0) is 57.8 Å². The van der Waals surface area contributed by atoms with Crippen molar-refractivity contribution in [3.63, 3.8) is 0 Å². The van der Waals surface area contributed by atoms with Crippen LogP contribution in [-0.2, 0) is 4.79 Å². The lowest BCUT2D eigenvalue weighted by Crippen LogP contribution is -2.45. The van der Waals surface area contributed by atoms with Crippen LogP contribution in [-0.4, -0.2) is 17.5 Å². The molecule has 0 heterocycles. The van der Waals surface area contributed by atoms with E-state index in [9.17, 15) is 4.79 Å². The molecule has 0 bridgehead atoms. The summed E-state index contributed by atoms with van der Waals surface area (Å²) in [6.07, 6.45) is 8.36. The van der Waals surface area contributed by atoms with Crippen LogP contribution in [0.3, 0.4) is 0 Å². The Hall–Kier alpha value is -0.570. The summed E-state index contributed by atoms with van der Waals surface area (Å²) < 4.78 is 0. The second-order valence-corrected chi connectivity index (χ2v) is 6.14. The van der Waals surface area contributed by atoms with E-state index in [1.165, 1.54) is 12.8 Å². The van der Waals surface area contributed by atoms with E-state index in [-0.39, 0.29) is 11.4 Å². The van der Waals surface area contributed by atoms with E-state index < -0.39 is 0 Å². The van der Waals surface area contributed by atoms with E-state index in [2.05, 4.69) is 26.1 Å². The first kappa shape index (κ1) is 15.5. The molecule has 1 aliphatic rings. The minimum absolute atomic E-state index is 0.0218. The minimum Gasteiger partial charge on any atom is -0.351 e. The molecule has 0 saturated heterocycles. The van der Waals surface area contributed by atoms with Gasteiger partial charge in [0.15, 0.2) is 0 Å². The highest BCUT2D eigenvalue weighted by Gasteiger charge is 2.23. The van der Waals surface area contributed by atoms with Gasteiger partial charge in [0, 0.05) is 18.0 Å². The van der Waals surface area contributed by atoms with Crippen LogP contribution in [0.2, 0.25) is 0 Å². The zero-order chi connectivity index (χ0) is 13.6. The molecule has 0 aliphatic heterocycles. The van der Waals surface area contributed by atoms with Crippen LogP contribution in [0.25, 0.3) is 0 Å². The van der Waals surface area contributed by atoms with E-state index in [1.54, 1.807) is 0 Å². The molecule has 3 nitrogen and oxygen atoms in total. The molecule has 0 spiro atoms. The zero-order valence-electron chi connectivity index (χ0n) is 12.3. The van der Waals surface area contributed by atoms with Crippen LogP contribution < -0.4 is 11.1 Å². The average molecular weight is 254 g/mol. The SMILES string of the molecule is CCC(C)(CC)NC(=O)CCC1CCC(N)CC1. The highest BCUT2D eigenvalue weighted by atomic mass is 16.1. The highest BCUT2D eigenvalue weighted by molar-refractivity contribution is 5.76. The third-order valence-corrected chi connectivity index (χ3v) is 4.67. The molecule has 0 aromatic carbocycles. The van der Waals surface area contributed by atoms with Crippen LogP contribution in [0.4, 0.5) is 0 Å². The number of hydrogen-bond acceptors (Lipinski definition) is 2. The average Bonchev–Trinajstić information content (AvgIpc) is 2.38. The number of carbonyl (C=O) groups excluding carboxylic acids is 1. The molecule has 1 fully saturated rings.